The zero-order valence-corrected chi connectivity index (χ0v) is 19.6. The van der Waals surface area contributed by atoms with Crippen molar-refractivity contribution in [2.45, 2.75) is 57.8 Å². The molecule has 2 rings (SSSR count). The van der Waals surface area contributed by atoms with Gasteiger partial charge in [0.15, 0.2) is 5.12 Å². The maximum Gasteiger partial charge on any atom is 0.413 e. The second-order valence-corrected chi connectivity index (χ2v) is 9.92. The van der Waals surface area contributed by atoms with Gasteiger partial charge in [-0.15, -0.1) is 0 Å². The van der Waals surface area contributed by atoms with Crippen molar-refractivity contribution in [3.63, 3.8) is 0 Å². The molecule has 0 fully saturated rings. The number of carbonyl (C=O) groups is 3. The van der Waals surface area contributed by atoms with Crippen LogP contribution < -0.4 is 5.32 Å². The van der Waals surface area contributed by atoms with Crippen LogP contribution in [0.2, 0.25) is 0 Å². The van der Waals surface area contributed by atoms with E-state index in [2.05, 4.69) is 10.3 Å². The van der Waals surface area contributed by atoms with Crippen molar-refractivity contribution >= 4 is 34.8 Å². The number of aromatic nitrogens is 1. The number of carboxylic acid groups (broad SMARTS) is 1. The SMILES string of the molecule is CC(=O)SC(CCc1ccccc1)C(Cc1ccc(NC(=O)OC(C)(C)C)nc1)C(=O)O. The van der Waals surface area contributed by atoms with Crippen LogP contribution in [0.25, 0.3) is 0 Å². The highest BCUT2D eigenvalue weighted by atomic mass is 32.2. The molecule has 2 aromatic rings. The van der Waals surface area contributed by atoms with Crippen molar-refractivity contribution in [3.05, 3.63) is 59.8 Å². The molecular weight excluding hydrogens is 428 g/mol. The number of hydrogen-bond donors (Lipinski definition) is 2. The number of carboxylic acids is 1. The number of benzene rings is 1. The van der Waals surface area contributed by atoms with E-state index in [-0.39, 0.29) is 16.8 Å². The van der Waals surface area contributed by atoms with Gasteiger partial charge in [0.05, 0.1) is 5.92 Å². The molecule has 0 bridgehead atoms. The fourth-order valence-electron chi connectivity index (χ4n) is 3.17. The minimum atomic E-state index is -0.951. The molecule has 1 heterocycles. The van der Waals surface area contributed by atoms with E-state index >= 15 is 0 Å². The summed E-state index contributed by atoms with van der Waals surface area (Å²) in [6, 6.07) is 13.1. The predicted octanol–water partition coefficient (Wildman–Crippen LogP) is 4.95. The van der Waals surface area contributed by atoms with E-state index in [4.69, 9.17) is 4.74 Å². The number of nitrogens with one attached hydrogen (secondary N) is 1. The number of nitrogens with zero attached hydrogens (tertiary/aromatic N) is 1. The van der Waals surface area contributed by atoms with Crippen molar-refractivity contribution in [1.29, 1.82) is 0 Å². The normalized spacial score (nSPS) is 13.1. The molecular formula is C24H30N2O5S. The van der Waals surface area contributed by atoms with Crippen LogP contribution in [0.15, 0.2) is 48.7 Å². The molecule has 1 aromatic heterocycles. The molecule has 2 N–H and O–H groups in total. The first-order valence-electron chi connectivity index (χ1n) is 10.4. The molecule has 0 saturated heterocycles. The van der Waals surface area contributed by atoms with Gasteiger partial charge in [-0.25, -0.2) is 9.78 Å². The molecule has 0 saturated carbocycles. The number of amides is 1. The maximum atomic E-state index is 12.1. The summed E-state index contributed by atoms with van der Waals surface area (Å²) in [6.07, 6.45) is 2.41. The van der Waals surface area contributed by atoms with Gasteiger partial charge < -0.3 is 9.84 Å². The average molecular weight is 459 g/mol. The van der Waals surface area contributed by atoms with E-state index in [1.54, 1.807) is 32.9 Å². The Bertz CT molecular complexity index is 910. The van der Waals surface area contributed by atoms with Crippen LogP contribution in [0.5, 0.6) is 0 Å². The van der Waals surface area contributed by atoms with Crippen LogP contribution in [0.4, 0.5) is 10.6 Å². The molecule has 1 aromatic carbocycles. The van der Waals surface area contributed by atoms with E-state index in [9.17, 15) is 19.5 Å². The third kappa shape index (κ3) is 9.09. The van der Waals surface area contributed by atoms with Crippen LogP contribution in [0.1, 0.15) is 45.2 Å². The molecule has 0 aliphatic carbocycles. The Morgan fingerprint density at radius 2 is 1.78 bits per heavy atom. The van der Waals surface area contributed by atoms with Gasteiger partial charge in [0.25, 0.3) is 0 Å². The first kappa shape index (κ1) is 25.4. The van der Waals surface area contributed by atoms with Gasteiger partial charge in [0.2, 0.25) is 0 Å². The Morgan fingerprint density at radius 1 is 1.09 bits per heavy atom. The summed E-state index contributed by atoms with van der Waals surface area (Å²) in [6.45, 7) is 6.75. The molecule has 8 heteroatoms. The first-order chi connectivity index (χ1) is 15.0. The van der Waals surface area contributed by atoms with Crippen molar-refractivity contribution in [3.8, 4) is 0 Å². The summed E-state index contributed by atoms with van der Waals surface area (Å²) >= 11 is 1.08. The molecule has 32 heavy (non-hydrogen) atoms. The largest absolute Gasteiger partial charge is 0.481 e. The van der Waals surface area contributed by atoms with Crippen molar-refractivity contribution < 1.29 is 24.2 Å². The number of pyridine rings is 1. The predicted molar refractivity (Wildman–Crippen MR) is 126 cm³/mol. The lowest BCUT2D eigenvalue weighted by atomic mass is 9.93. The molecule has 172 valence electrons. The van der Waals surface area contributed by atoms with Gasteiger partial charge in [-0.05, 0) is 57.2 Å². The minimum absolute atomic E-state index is 0.107. The molecule has 2 unspecified atom stereocenters. The number of aryl methyl sites for hydroxylation is 1. The van der Waals surface area contributed by atoms with Crippen molar-refractivity contribution in [2.75, 3.05) is 5.32 Å². The fraction of sp³-hybridized carbons (Fsp3) is 0.417. The van der Waals surface area contributed by atoms with E-state index in [0.29, 0.717) is 24.2 Å². The van der Waals surface area contributed by atoms with Gasteiger partial charge in [0.1, 0.15) is 11.4 Å². The number of anilines is 1. The Balaban J connectivity index is 2.07. The monoisotopic (exact) mass is 458 g/mol. The average Bonchev–Trinajstić information content (AvgIpc) is 2.69. The number of ether oxygens (including phenoxy) is 1. The summed E-state index contributed by atoms with van der Waals surface area (Å²) in [5.41, 5.74) is 1.19. The second-order valence-electron chi connectivity index (χ2n) is 8.50. The lowest BCUT2D eigenvalue weighted by Crippen LogP contribution is -2.29. The molecule has 0 radical (unpaired) electrons. The highest BCUT2D eigenvalue weighted by molar-refractivity contribution is 8.14. The van der Waals surface area contributed by atoms with Gasteiger partial charge in [-0.1, -0.05) is 48.2 Å². The molecule has 0 aliphatic rings. The molecule has 1 amide bonds. The number of thioether (sulfide) groups is 1. The lowest BCUT2D eigenvalue weighted by Gasteiger charge is -2.23. The Kier molecular flexibility index (Phi) is 9.26. The zero-order chi connectivity index (χ0) is 23.7. The Hall–Kier alpha value is -2.87. The minimum Gasteiger partial charge on any atom is -0.481 e. The van der Waals surface area contributed by atoms with Crippen molar-refractivity contribution in [2.24, 2.45) is 5.92 Å². The van der Waals surface area contributed by atoms with Crippen LogP contribution in [-0.4, -0.2) is 38.1 Å². The first-order valence-corrected chi connectivity index (χ1v) is 11.3. The number of carbonyl (C=O) groups excluding carboxylic acids is 2. The molecule has 7 nitrogen and oxygen atoms in total. The van der Waals surface area contributed by atoms with Gasteiger partial charge in [-0.3, -0.25) is 14.9 Å². The highest BCUT2D eigenvalue weighted by Crippen LogP contribution is 2.29. The summed E-state index contributed by atoms with van der Waals surface area (Å²) in [7, 11) is 0. The third-order valence-corrected chi connectivity index (χ3v) is 5.75. The van der Waals surface area contributed by atoms with Crippen LogP contribution in [0, 0.1) is 5.92 Å². The van der Waals surface area contributed by atoms with Crippen LogP contribution >= 0.6 is 11.8 Å². The quantitative estimate of drug-likeness (QED) is 0.547. The van der Waals surface area contributed by atoms with E-state index in [1.807, 2.05) is 30.3 Å². The number of hydrogen-bond acceptors (Lipinski definition) is 6. The van der Waals surface area contributed by atoms with E-state index in [1.165, 1.54) is 13.1 Å². The Labute approximate surface area is 193 Å². The van der Waals surface area contributed by atoms with Gasteiger partial charge >= 0.3 is 12.1 Å². The van der Waals surface area contributed by atoms with Gasteiger partial charge in [-0.2, -0.15) is 0 Å². The van der Waals surface area contributed by atoms with E-state index < -0.39 is 23.6 Å². The van der Waals surface area contributed by atoms with Gasteiger partial charge in [0, 0.05) is 18.4 Å². The fourth-order valence-corrected chi connectivity index (χ4v) is 4.21. The zero-order valence-electron chi connectivity index (χ0n) is 18.8. The summed E-state index contributed by atoms with van der Waals surface area (Å²) in [4.78, 5) is 39.9. The smallest absolute Gasteiger partial charge is 0.413 e. The Morgan fingerprint density at radius 3 is 2.31 bits per heavy atom. The summed E-state index contributed by atoms with van der Waals surface area (Å²) in [5.74, 6) is -1.39. The standard InChI is InChI=1S/C24H30N2O5S/c1-16(27)32-20(12-10-17-8-6-5-7-9-17)19(22(28)29)14-18-11-13-21(25-15-18)26-23(30)31-24(2,3)4/h5-9,11,13,15,19-20H,10,12,14H2,1-4H3,(H,28,29)(H,25,26,30). The third-order valence-electron chi connectivity index (χ3n) is 4.55. The van der Waals surface area contributed by atoms with Crippen LogP contribution in [-0.2, 0) is 27.2 Å². The maximum absolute atomic E-state index is 12.1. The highest BCUT2D eigenvalue weighted by Gasteiger charge is 2.30. The number of rotatable bonds is 9. The lowest BCUT2D eigenvalue weighted by molar-refractivity contribution is -0.141. The molecule has 0 spiro atoms. The molecule has 2 atom stereocenters. The second kappa shape index (κ2) is 11.7. The summed E-state index contributed by atoms with van der Waals surface area (Å²) < 4.78 is 5.20. The number of aliphatic carboxylic acids is 1. The topological polar surface area (TPSA) is 106 Å². The molecule has 0 aliphatic heterocycles. The van der Waals surface area contributed by atoms with E-state index in [0.717, 1.165) is 17.3 Å². The summed E-state index contributed by atoms with van der Waals surface area (Å²) in [5, 5.41) is 12.0. The van der Waals surface area contributed by atoms with Crippen LogP contribution in [0.3, 0.4) is 0 Å². The van der Waals surface area contributed by atoms with Crippen molar-refractivity contribution in [1.82, 2.24) is 4.98 Å².